The van der Waals surface area contributed by atoms with Crippen LogP contribution < -0.4 is 0 Å². The number of halogens is 1. The number of rotatable bonds is 5. The molecule has 0 saturated carbocycles. The van der Waals surface area contributed by atoms with Gasteiger partial charge < -0.3 is 4.57 Å². The first-order valence-corrected chi connectivity index (χ1v) is 10.1. The van der Waals surface area contributed by atoms with Crippen LogP contribution in [0.2, 0.25) is 5.02 Å². The zero-order valence-corrected chi connectivity index (χ0v) is 16.2. The summed E-state index contributed by atoms with van der Waals surface area (Å²) in [6.45, 7) is 2.96. The number of aryl methyl sites for hydroxylation is 1. The Labute approximate surface area is 163 Å². The van der Waals surface area contributed by atoms with Crippen molar-refractivity contribution in [1.82, 2.24) is 4.57 Å². The summed E-state index contributed by atoms with van der Waals surface area (Å²) in [6.07, 6.45) is 2.26. The molecule has 0 aliphatic carbocycles. The predicted octanol–water partition coefficient (Wildman–Crippen LogP) is 6.94. The maximum absolute atomic E-state index is 6.37. The summed E-state index contributed by atoms with van der Waals surface area (Å²) in [5, 5.41) is 2.12. The van der Waals surface area contributed by atoms with Crippen LogP contribution in [0, 0.1) is 6.92 Å². The smallest absolute Gasteiger partial charge is 0.0495 e. The normalized spacial score (nSPS) is 11.2. The van der Waals surface area contributed by atoms with Gasteiger partial charge in [0.25, 0.3) is 0 Å². The second kappa shape index (κ2) is 7.61. The monoisotopic (exact) mass is 377 g/mol. The Morgan fingerprint density at radius 2 is 1.54 bits per heavy atom. The molecule has 0 spiro atoms. The third kappa shape index (κ3) is 3.53. The van der Waals surface area contributed by atoms with Crippen LogP contribution >= 0.6 is 23.4 Å². The van der Waals surface area contributed by atoms with Gasteiger partial charge in [-0.3, -0.25) is 0 Å². The summed E-state index contributed by atoms with van der Waals surface area (Å²) in [5.74, 6) is 0.979. The molecule has 1 heterocycles. The molecule has 0 aliphatic heterocycles. The number of aromatic nitrogens is 1. The van der Waals surface area contributed by atoms with Gasteiger partial charge in [-0.2, -0.15) is 0 Å². The Morgan fingerprint density at radius 1 is 0.846 bits per heavy atom. The molecule has 3 heteroatoms. The van der Waals surface area contributed by atoms with E-state index in [1.165, 1.54) is 26.9 Å². The lowest BCUT2D eigenvalue weighted by atomic mass is 10.1. The Kier molecular flexibility index (Phi) is 5.05. The zero-order valence-electron chi connectivity index (χ0n) is 14.7. The van der Waals surface area contributed by atoms with Crippen molar-refractivity contribution in [2.45, 2.75) is 24.1 Å². The van der Waals surface area contributed by atoms with Gasteiger partial charge in [-0.05, 0) is 35.7 Å². The highest BCUT2D eigenvalue weighted by molar-refractivity contribution is 7.98. The maximum Gasteiger partial charge on any atom is 0.0495 e. The minimum absolute atomic E-state index is 0.783. The molecule has 1 nitrogen and oxygen atoms in total. The lowest BCUT2D eigenvalue weighted by molar-refractivity contribution is 0.830. The van der Waals surface area contributed by atoms with E-state index in [0.29, 0.717) is 0 Å². The maximum atomic E-state index is 6.37. The second-order valence-corrected chi connectivity index (χ2v) is 7.87. The van der Waals surface area contributed by atoms with E-state index in [1.807, 2.05) is 30.0 Å². The number of para-hydroxylation sites is 1. The van der Waals surface area contributed by atoms with E-state index in [-0.39, 0.29) is 0 Å². The van der Waals surface area contributed by atoms with Crippen molar-refractivity contribution in [3.63, 3.8) is 0 Å². The molecule has 0 amide bonds. The number of hydrogen-bond donors (Lipinski definition) is 0. The van der Waals surface area contributed by atoms with Gasteiger partial charge >= 0.3 is 0 Å². The first-order valence-electron chi connectivity index (χ1n) is 8.71. The molecule has 0 radical (unpaired) electrons. The standard InChI is InChI=1S/C23H20ClNS/c1-17-8-2-3-10-19(17)16-26-23-15-25(22-13-7-5-11-20(22)23)14-18-9-4-6-12-21(18)24/h2-13,15H,14,16H2,1H3. The van der Waals surface area contributed by atoms with Gasteiger partial charge in [0.2, 0.25) is 0 Å². The number of hydrogen-bond acceptors (Lipinski definition) is 1. The third-order valence-electron chi connectivity index (χ3n) is 4.69. The van der Waals surface area contributed by atoms with Crippen LogP contribution in [0.15, 0.2) is 83.9 Å². The summed E-state index contributed by atoms with van der Waals surface area (Å²) in [4.78, 5) is 1.32. The highest BCUT2D eigenvalue weighted by Crippen LogP contribution is 2.33. The Morgan fingerprint density at radius 3 is 2.35 bits per heavy atom. The van der Waals surface area contributed by atoms with Crippen molar-refractivity contribution in [3.8, 4) is 0 Å². The fourth-order valence-corrected chi connectivity index (χ4v) is 4.56. The molecule has 1 aromatic heterocycles. The molecule has 0 atom stereocenters. The van der Waals surface area contributed by atoms with E-state index in [1.54, 1.807) is 0 Å². The molecule has 4 rings (SSSR count). The molecular formula is C23H20ClNS. The molecule has 0 unspecified atom stereocenters. The number of fused-ring (bicyclic) bond motifs is 1. The van der Waals surface area contributed by atoms with Gasteiger partial charge in [0.05, 0.1) is 0 Å². The summed E-state index contributed by atoms with van der Waals surface area (Å²) >= 11 is 8.27. The lowest BCUT2D eigenvalue weighted by Gasteiger charge is -2.07. The van der Waals surface area contributed by atoms with Crippen LogP contribution in [-0.4, -0.2) is 4.57 Å². The van der Waals surface area contributed by atoms with E-state index < -0.39 is 0 Å². The van der Waals surface area contributed by atoms with Crippen molar-refractivity contribution in [2.75, 3.05) is 0 Å². The molecule has 0 fully saturated rings. The van der Waals surface area contributed by atoms with Crippen molar-refractivity contribution in [2.24, 2.45) is 0 Å². The minimum Gasteiger partial charge on any atom is -0.342 e. The van der Waals surface area contributed by atoms with Crippen LogP contribution in [0.3, 0.4) is 0 Å². The second-order valence-electron chi connectivity index (χ2n) is 6.44. The van der Waals surface area contributed by atoms with E-state index >= 15 is 0 Å². The van der Waals surface area contributed by atoms with E-state index in [4.69, 9.17) is 11.6 Å². The van der Waals surface area contributed by atoms with E-state index in [0.717, 1.165) is 22.9 Å². The van der Waals surface area contributed by atoms with Gasteiger partial charge in [0.15, 0.2) is 0 Å². The Bertz CT molecular complexity index is 1050. The molecule has 3 aromatic carbocycles. The Hall–Kier alpha value is -2.16. The average molecular weight is 378 g/mol. The van der Waals surface area contributed by atoms with Crippen LogP contribution in [0.1, 0.15) is 16.7 Å². The third-order valence-corrected chi connectivity index (χ3v) is 6.16. The summed E-state index contributed by atoms with van der Waals surface area (Å²) < 4.78 is 2.30. The quantitative estimate of drug-likeness (QED) is 0.341. The summed E-state index contributed by atoms with van der Waals surface area (Å²) in [6, 6.07) is 25.3. The molecular weight excluding hydrogens is 358 g/mol. The molecule has 0 saturated heterocycles. The number of nitrogens with zero attached hydrogens (tertiary/aromatic N) is 1. The highest BCUT2D eigenvalue weighted by atomic mass is 35.5. The van der Waals surface area contributed by atoms with Crippen molar-refractivity contribution in [3.05, 3.63) is 101 Å². The Balaban J connectivity index is 1.66. The fraction of sp³-hybridized carbons (Fsp3) is 0.130. The molecule has 0 aliphatic rings. The molecule has 130 valence electrons. The molecule has 0 bridgehead atoms. The predicted molar refractivity (Wildman–Crippen MR) is 113 cm³/mol. The molecule has 4 aromatic rings. The van der Waals surface area contributed by atoms with Gasteiger partial charge in [-0.25, -0.2) is 0 Å². The number of thioether (sulfide) groups is 1. The van der Waals surface area contributed by atoms with Crippen LogP contribution in [0.25, 0.3) is 10.9 Å². The van der Waals surface area contributed by atoms with Gasteiger partial charge in [-0.15, -0.1) is 11.8 Å². The summed E-state index contributed by atoms with van der Waals surface area (Å²) in [7, 11) is 0. The minimum atomic E-state index is 0.783. The summed E-state index contributed by atoms with van der Waals surface area (Å²) in [5.41, 5.74) is 5.13. The van der Waals surface area contributed by atoms with Gasteiger partial charge in [-0.1, -0.05) is 72.3 Å². The first kappa shape index (κ1) is 17.3. The van der Waals surface area contributed by atoms with Crippen LogP contribution in [-0.2, 0) is 12.3 Å². The van der Waals surface area contributed by atoms with Crippen LogP contribution in [0.4, 0.5) is 0 Å². The van der Waals surface area contributed by atoms with Crippen molar-refractivity contribution < 1.29 is 0 Å². The fourth-order valence-electron chi connectivity index (χ4n) is 3.20. The SMILES string of the molecule is Cc1ccccc1CSc1cn(Cc2ccccc2Cl)c2ccccc12. The lowest BCUT2D eigenvalue weighted by Crippen LogP contribution is -1.98. The van der Waals surface area contributed by atoms with E-state index in [9.17, 15) is 0 Å². The topological polar surface area (TPSA) is 4.93 Å². The van der Waals surface area contributed by atoms with Gasteiger partial charge in [0, 0.05) is 39.3 Å². The van der Waals surface area contributed by atoms with Crippen LogP contribution in [0.5, 0.6) is 0 Å². The average Bonchev–Trinajstić information content (AvgIpc) is 3.01. The molecule has 0 N–H and O–H groups in total. The molecule has 26 heavy (non-hydrogen) atoms. The van der Waals surface area contributed by atoms with E-state index in [2.05, 4.69) is 72.3 Å². The van der Waals surface area contributed by atoms with Crippen molar-refractivity contribution in [1.29, 1.82) is 0 Å². The van der Waals surface area contributed by atoms with Gasteiger partial charge in [0.1, 0.15) is 0 Å². The highest BCUT2D eigenvalue weighted by Gasteiger charge is 2.11. The largest absolute Gasteiger partial charge is 0.342 e. The first-order chi connectivity index (χ1) is 12.7. The number of benzene rings is 3. The van der Waals surface area contributed by atoms with Crippen molar-refractivity contribution >= 4 is 34.3 Å². The zero-order chi connectivity index (χ0) is 17.9.